The van der Waals surface area contributed by atoms with E-state index in [2.05, 4.69) is 21.0 Å². The van der Waals surface area contributed by atoms with Crippen molar-refractivity contribution in [1.29, 1.82) is 0 Å². The molecule has 0 aliphatic carbocycles. The number of nitrogens with zero attached hydrogens (tertiary/aromatic N) is 4. The number of anilines is 1. The molecule has 4 rings (SSSR count). The Morgan fingerprint density at radius 1 is 0.963 bits per heavy atom. The summed E-state index contributed by atoms with van der Waals surface area (Å²) >= 11 is 3.39. The second kappa shape index (κ2) is 6.35. The second-order valence-corrected chi connectivity index (χ2v) is 7.40. The van der Waals surface area contributed by atoms with Gasteiger partial charge in [-0.15, -0.1) is 0 Å². The highest BCUT2D eigenvalue weighted by molar-refractivity contribution is 9.10. The molecule has 27 heavy (non-hydrogen) atoms. The van der Waals surface area contributed by atoms with E-state index in [1.54, 1.807) is 23.2 Å². The zero-order valence-corrected chi connectivity index (χ0v) is 16.7. The van der Waals surface area contributed by atoms with Crippen LogP contribution in [0, 0.1) is 0 Å². The van der Waals surface area contributed by atoms with Gasteiger partial charge >= 0.3 is 5.69 Å². The summed E-state index contributed by atoms with van der Waals surface area (Å²) in [4.78, 5) is 25.0. The van der Waals surface area contributed by atoms with Gasteiger partial charge in [0.05, 0.1) is 28.0 Å². The van der Waals surface area contributed by atoms with Gasteiger partial charge in [-0.3, -0.25) is 13.9 Å². The lowest BCUT2D eigenvalue weighted by atomic mass is 10.1. The molecule has 0 spiro atoms. The van der Waals surface area contributed by atoms with Gasteiger partial charge in [-0.05, 0) is 55.0 Å². The van der Waals surface area contributed by atoms with E-state index in [9.17, 15) is 9.59 Å². The van der Waals surface area contributed by atoms with Crippen molar-refractivity contribution < 1.29 is 4.79 Å². The lowest BCUT2D eigenvalue weighted by Gasteiger charge is -2.11. The standard InChI is InChI=1S/C20H17BrN4O2/c1-12-16(19(26)25(22-12)15-7-5-14(21)6-8-15)10-13-4-9-17-18(11-13)24(3)20(27)23(17)2/h4-11H,1-3H3/b16-10-. The van der Waals surface area contributed by atoms with Gasteiger partial charge in [0.25, 0.3) is 5.91 Å². The molecule has 1 amide bonds. The molecule has 0 radical (unpaired) electrons. The average Bonchev–Trinajstić information content (AvgIpc) is 3.05. The number of hydrogen-bond acceptors (Lipinski definition) is 3. The van der Waals surface area contributed by atoms with Crippen molar-refractivity contribution >= 4 is 50.3 Å². The Hall–Kier alpha value is -2.93. The fourth-order valence-corrected chi connectivity index (χ4v) is 3.49. The first-order valence-corrected chi connectivity index (χ1v) is 9.19. The van der Waals surface area contributed by atoms with Gasteiger partial charge in [-0.2, -0.15) is 10.1 Å². The average molecular weight is 425 g/mol. The molecule has 7 heteroatoms. The fraction of sp³-hybridized carbons (Fsp3) is 0.150. The van der Waals surface area contributed by atoms with Crippen molar-refractivity contribution in [2.24, 2.45) is 19.2 Å². The van der Waals surface area contributed by atoms with E-state index in [0.717, 1.165) is 21.1 Å². The minimum Gasteiger partial charge on any atom is -0.295 e. The van der Waals surface area contributed by atoms with Crippen LogP contribution in [0.2, 0.25) is 0 Å². The van der Waals surface area contributed by atoms with Crippen LogP contribution in [0.5, 0.6) is 0 Å². The number of benzene rings is 2. The van der Waals surface area contributed by atoms with Crippen LogP contribution in [0.15, 0.2) is 62.4 Å². The van der Waals surface area contributed by atoms with E-state index in [1.807, 2.05) is 55.5 Å². The second-order valence-electron chi connectivity index (χ2n) is 6.49. The maximum Gasteiger partial charge on any atom is 0.328 e. The van der Waals surface area contributed by atoms with Gasteiger partial charge in [0, 0.05) is 18.6 Å². The number of carbonyl (C=O) groups is 1. The molecular weight excluding hydrogens is 408 g/mol. The van der Waals surface area contributed by atoms with Crippen molar-refractivity contribution in [2.75, 3.05) is 5.01 Å². The molecular formula is C20H17BrN4O2. The van der Waals surface area contributed by atoms with E-state index in [1.165, 1.54) is 5.01 Å². The van der Waals surface area contributed by atoms with E-state index < -0.39 is 0 Å². The van der Waals surface area contributed by atoms with Crippen molar-refractivity contribution in [2.45, 2.75) is 6.92 Å². The van der Waals surface area contributed by atoms with Crippen LogP contribution in [0.4, 0.5) is 5.69 Å². The van der Waals surface area contributed by atoms with Gasteiger partial charge in [-0.1, -0.05) is 22.0 Å². The molecule has 3 aromatic rings. The van der Waals surface area contributed by atoms with E-state index in [4.69, 9.17) is 0 Å². The van der Waals surface area contributed by atoms with Crippen molar-refractivity contribution in [3.05, 3.63) is 68.6 Å². The van der Waals surface area contributed by atoms with Crippen LogP contribution in [-0.4, -0.2) is 20.8 Å². The third-order valence-electron chi connectivity index (χ3n) is 4.74. The number of hydrazone groups is 1. The summed E-state index contributed by atoms with van der Waals surface area (Å²) in [6.45, 7) is 1.82. The summed E-state index contributed by atoms with van der Waals surface area (Å²) in [5.74, 6) is -0.170. The summed E-state index contributed by atoms with van der Waals surface area (Å²) in [5.41, 5.74) is 4.35. The Morgan fingerprint density at radius 3 is 2.33 bits per heavy atom. The Kier molecular flexibility index (Phi) is 4.11. The highest BCUT2D eigenvalue weighted by Crippen LogP contribution is 2.26. The summed E-state index contributed by atoms with van der Waals surface area (Å²) in [6, 6.07) is 13.1. The molecule has 2 aromatic carbocycles. The number of rotatable bonds is 2. The third kappa shape index (κ3) is 2.84. The number of carbonyl (C=O) groups excluding carboxylic acids is 1. The lowest BCUT2D eigenvalue weighted by Crippen LogP contribution is -2.21. The summed E-state index contributed by atoms with van der Waals surface area (Å²) in [6.07, 6.45) is 1.82. The van der Waals surface area contributed by atoms with E-state index in [0.29, 0.717) is 17.0 Å². The number of hydrogen-bond donors (Lipinski definition) is 0. The van der Waals surface area contributed by atoms with Gasteiger partial charge in [0.15, 0.2) is 0 Å². The van der Waals surface area contributed by atoms with Crippen LogP contribution in [0.1, 0.15) is 12.5 Å². The molecule has 0 N–H and O–H groups in total. The van der Waals surface area contributed by atoms with Crippen molar-refractivity contribution in [1.82, 2.24) is 9.13 Å². The summed E-state index contributed by atoms with van der Waals surface area (Å²) in [5, 5.41) is 5.81. The molecule has 1 aromatic heterocycles. The predicted octanol–water partition coefficient (Wildman–Crippen LogP) is 3.45. The first kappa shape index (κ1) is 17.5. The fourth-order valence-electron chi connectivity index (χ4n) is 3.22. The number of aromatic nitrogens is 2. The zero-order valence-electron chi connectivity index (χ0n) is 15.1. The largest absolute Gasteiger partial charge is 0.328 e. The smallest absolute Gasteiger partial charge is 0.295 e. The van der Waals surface area contributed by atoms with Crippen molar-refractivity contribution in [3.63, 3.8) is 0 Å². The molecule has 0 atom stereocenters. The van der Waals surface area contributed by atoms with Crippen LogP contribution in [0.25, 0.3) is 17.1 Å². The van der Waals surface area contributed by atoms with Crippen LogP contribution in [0.3, 0.4) is 0 Å². The van der Waals surface area contributed by atoms with Crippen LogP contribution in [-0.2, 0) is 18.9 Å². The first-order chi connectivity index (χ1) is 12.9. The minimum absolute atomic E-state index is 0.0779. The summed E-state index contributed by atoms with van der Waals surface area (Å²) in [7, 11) is 3.49. The molecule has 0 unspecified atom stereocenters. The Balaban J connectivity index is 1.74. The van der Waals surface area contributed by atoms with Gasteiger partial charge in [-0.25, -0.2) is 4.79 Å². The maximum absolute atomic E-state index is 12.9. The normalized spacial score (nSPS) is 15.9. The molecule has 6 nitrogen and oxygen atoms in total. The minimum atomic E-state index is -0.170. The molecule has 1 aliphatic rings. The number of halogens is 1. The molecule has 0 saturated heterocycles. The highest BCUT2D eigenvalue weighted by atomic mass is 79.9. The predicted molar refractivity (Wildman–Crippen MR) is 111 cm³/mol. The Bertz CT molecular complexity index is 1200. The molecule has 1 aliphatic heterocycles. The topological polar surface area (TPSA) is 59.6 Å². The summed E-state index contributed by atoms with van der Waals surface area (Å²) < 4.78 is 4.15. The highest BCUT2D eigenvalue weighted by Gasteiger charge is 2.28. The van der Waals surface area contributed by atoms with Gasteiger partial charge in [0.2, 0.25) is 0 Å². The molecule has 0 bridgehead atoms. The van der Waals surface area contributed by atoms with Gasteiger partial charge in [0.1, 0.15) is 0 Å². The van der Waals surface area contributed by atoms with E-state index in [-0.39, 0.29) is 11.6 Å². The Labute approximate surface area is 164 Å². The quantitative estimate of drug-likeness (QED) is 0.591. The number of aryl methyl sites for hydroxylation is 2. The zero-order chi connectivity index (χ0) is 19.3. The van der Waals surface area contributed by atoms with Crippen LogP contribution < -0.4 is 10.7 Å². The van der Waals surface area contributed by atoms with E-state index >= 15 is 0 Å². The molecule has 0 saturated carbocycles. The molecule has 2 heterocycles. The number of amides is 1. The molecule has 0 fully saturated rings. The van der Waals surface area contributed by atoms with Crippen molar-refractivity contribution in [3.8, 4) is 0 Å². The monoisotopic (exact) mass is 424 g/mol. The molecule has 136 valence electrons. The SMILES string of the molecule is CC1=NN(c2ccc(Br)cc2)C(=O)/C1=C\c1ccc2c(c1)n(C)c(=O)n2C. The number of imidazole rings is 1. The lowest BCUT2D eigenvalue weighted by molar-refractivity contribution is -0.114. The van der Waals surface area contributed by atoms with Crippen LogP contribution >= 0.6 is 15.9 Å². The first-order valence-electron chi connectivity index (χ1n) is 8.39. The maximum atomic E-state index is 12.9. The third-order valence-corrected chi connectivity index (χ3v) is 5.27. The van der Waals surface area contributed by atoms with Gasteiger partial charge < -0.3 is 0 Å². The Morgan fingerprint density at radius 2 is 1.63 bits per heavy atom. The number of fused-ring (bicyclic) bond motifs is 1.